The van der Waals surface area contributed by atoms with Crippen LogP contribution in [0.25, 0.3) is 0 Å². The number of fused-ring (bicyclic) bond motifs is 1. The van der Waals surface area contributed by atoms with E-state index in [1.807, 2.05) is 11.4 Å². The van der Waals surface area contributed by atoms with Crippen molar-refractivity contribution in [3.05, 3.63) is 69.2 Å². The molecule has 4 rings (SSSR count). The number of benzene rings is 1. The van der Waals surface area contributed by atoms with Crippen molar-refractivity contribution in [2.45, 2.75) is 19.5 Å². The maximum atomic E-state index is 13.7. The van der Waals surface area contributed by atoms with Crippen LogP contribution in [0.2, 0.25) is 0 Å². The lowest BCUT2D eigenvalue weighted by Crippen LogP contribution is -2.35. The molecule has 1 aliphatic rings. The first-order valence-corrected chi connectivity index (χ1v) is 8.67. The van der Waals surface area contributed by atoms with Crippen LogP contribution >= 0.6 is 11.3 Å². The molecule has 2 aromatic heterocycles. The number of thiophene rings is 1. The number of carbonyl (C=O) groups is 1. The minimum atomic E-state index is -0.649. The predicted molar refractivity (Wildman–Crippen MR) is 88.2 cm³/mol. The summed E-state index contributed by atoms with van der Waals surface area (Å²) in [5.74, 6) is -1.52. The van der Waals surface area contributed by atoms with Crippen LogP contribution in [0.5, 0.6) is 0 Å². The van der Waals surface area contributed by atoms with Gasteiger partial charge in [0.25, 0.3) is 5.91 Å². The molecule has 1 amide bonds. The molecule has 0 fully saturated rings. The van der Waals surface area contributed by atoms with Crippen LogP contribution in [0.4, 0.5) is 8.78 Å². The number of hydrogen-bond donors (Lipinski definition) is 0. The maximum absolute atomic E-state index is 13.7. The molecule has 8 heteroatoms. The number of rotatable bonds is 3. The average molecular weight is 360 g/mol. The van der Waals surface area contributed by atoms with E-state index in [2.05, 4.69) is 10.3 Å². The van der Waals surface area contributed by atoms with E-state index in [4.69, 9.17) is 0 Å². The summed E-state index contributed by atoms with van der Waals surface area (Å²) in [5.41, 5.74) is 1.23. The number of carbonyl (C=O) groups excluding carboxylic acids is 1. The van der Waals surface area contributed by atoms with Crippen molar-refractivity contribution in [2.75, 3.05) is 6.54 Å². The van der Waals surface area contributed by atoms with Crippen LogP contribution in [0.3, 0.4) is 0 Å². The standard InChI is InChI=1S/C17H14F2N4OS/c18-13-2-1-3-14(19)12(13)9-23-10-15(20-21-23)17(24)22-6-4-16-11(8-22)5-7-25-16/h1-3,5,7,10H,4,6,8-9H2. The molecule has 1 aliphatic heterocycles. The molecule has 25 heavy (non-hydrogen) atoms. The highest BCUT2D eigenvalue weighted by Gasteiger charge is 2.24. The van der Waals surface area contributed by atoms with Crippen LogP contribution in [-0.2, 0) is 19.5 Å². The summed E-state index contributed by atoms with van der Waals surface area (Å²) in [7, 11) is 0. The van der Waals surface area contributed by atoms with Crippen molar-refractivity contribution in [2.24, 2.45) is 0 Å². The molecule has 128 valence electrons. The molecule has 3 heterocycles. The van der Waals surface area contributed by atoms with E-state index >= 15 is 0 Å². The minimum Gasteiger partial charge on any atom is -0.332 e. The molecule has 0 radical (unpaired) electrons. The van der Waals surface area contributed by atoms with E-state index in [0.29, 0.717) is 13.1 Å². The lowest BCUT2D eigenvalue weighted by Gasteiger charge is -2.26. The highest BCUT2D eigenvalue weighted by atomic mass is 32.1. The Balaban J connectivity index is 1.51. The first-order valence-electron chi connectivity index (χ1n) is 7.79. The third-order valence-electron chi connectivity index (χ3n) is 4.23. The van der Waals surface area contributed by atoms with Gasteiger partial charge in [-0.3, -0.25) is 4.79 Å². The molecule has 5 nitrogen and oxygen atoms in total. The zero-order chi connectivity index (χ0) is 17.4. The molecule has 0 saturated heterocycles. The van der Waals surface area contributed by atoms with E-state index < -0.39 is 11.6 Å². The average Bonchev–Trinajstić information content (AvgIpc) is 3.26. The molecule has 0 aliphatic carbocycles. The lowest BCUT2D eigenvalue weighted by molar-refractivity contribution is 0.0730. The van der Waals surface area contributed by atoms with Crippen molar-refractivity contribution in [1.82, 2.24) is 19.9 Å². The van der Waals surface area contributed by atoms with Crippen LogP contribution in [0.1, 0.15) is 26.5 Å². The summed E-state index contributed by atoms with van der Waals surface area (Å²) >= 11 is 1.70. The summed E-state index contributed by atoms with van der Waals surface area (Å²) in [6, 6.07) is 5.71. The number of halogens is 2. The summed E-state index contributed by atoms with van der Waals surface area (Å²) < 4.78 is 28.7. The summed E-state index contributed by atoms with van der Waals surface area (Å²) in [6.45, 7) is 1.06. The van der Waals surface area contributed by atoms with Gasteiger partial charge in [0.05, 0.1) is 12.7 Å². The topological polar surface area (TPSA) is 51.0 Å². The number of hydrogen-bond acceptors (Lipinski definition) is 4. The minimum absolute atomic E-state index is 0.104. The molecular weight excluding hydrogens is 346 g/mol. The molecule has 0 saturated carbocycles. The van der Waals surface area contributed by atoms with Crippen LogP contribution < -0.4 is 0 Å². The molecule has 0 spiro atoms. The third-order valence-corrected chi connectivity index (χ3v) is 5.26. The zero-order valence-electron chi connectivity index (χ0n) is 13.2. The predicted octanol–water partition coefficient (Wildman–Crippen LogP) is 2.86. The fourth-order valence-electron chi connectivity index (χ4n) is 2.90. The van der Waals surface area contributed by atoms with Gasteiger partial charge in [-0.2, -0.15) is 0 Å². The summed E-state index contributed by atoms with van der Waals surface area (Å²) in [4.78, 5) is 15.6. The zero-order valence-corrected chi connectivity index (χ0v) is 14.0. The largest absolute Gasteiger partial charge is 0.332 e. The van der Waals surface area contributed by atoms with Gasteiger partial charge in [-0.05, 0) is 35.6 Å². The van der Waals surface area contributed by atoms with E-state index in [1.165, 1.54) is 34.0 Å². The Morgan fingerprint density at radius 1 is 1.24 bits per heavy atom. The van der Waals surface area contributed by atoms with Gasteiger partial charge in [-0.1, -0.05) is 11.3 Å². The second kappa shape index (κ2) is 6.36. The SMILES string of the molecule is O=C(c1cn(Cc2c(F)cccc2F)nn1)N1CCc2sccc2C1. The molecule has 1 aromatic carbocycles. The Morgan fingerprint density at radius 2 is 2.04 bits per heavy atom. The summed E-state index contributed by atoms with van der Waals surface area (Å²) in [6.07, 6.45) is 2.25. The fourth-order valence-corrected chi connectivity index (χ4v) is 3.79. The van der Waals surface area contributed by atoms with Crippen molar-refractivity contribution < 1.29 is 13.6 Å². The Kier molecular flexibility index (Phi) is 4.04. The Hall–Kier alpha value is -2.61. The van der Waals surface area contributed by atoms with E-state index in [9.17, 15) is 13.6 Å². The monoisotopic (exact) mass is 360 g/mol. The highest BCUT2D eigenvalue weighted by molar-refractivity contribution is 7.10. The van der Waals surface area contributed by atoms with Crippen LogP contribution in [-0.4, -0.2) is 32.3 Å². The molecule has 0 N–H and O–H groups in total. The second-order valence-corrected chi connectivity index (χ2v) is 6.85. The van der Waals surface area contributed by atoms with Crippen molar-refractivity contribution in [3.8, 4) is 0 Å². The second-order valence-electron chi connectivity index (χ2n) is 5.85. The number of amides is 1. The van der Waals surface area contributed by atoms with E-state index in [0.717, 1.165) is 12.0 Å². The van der Waals surface area contributed by atoms with Gasteiger partial charge in [-0.15, -0.1) is 16.4 Å². The van der Waals surface area contributed by atoms with Crippen molar-refractivity contribution >= 4 is 17.2 Å². The molecule has 0 bridgehead atoms. The normalized spacial score (nSPS) is 13.8. The van der Waals surface area contributed by atoms with Gasteiger partial charge in [0.1, 0.15) is 11.6 Å². The molecule has 3 aromatic rings. The van der Waals surface area contributed by atoms with Crippen molar-refractivity contribution in [3.63, 3.8) is 0 Å². The van der Waals surface area contributed by atoms with Gasteiger partial charge < -0.3 is 4.90 Å². The van der Waals surface area contributed by atoms with Crippen LogP contribution in [0, 0.1) is 11.6 Å². The fraction of sp³-hybridized carbons (Fsp3) is 0.235. The maximum Gasteiger partial charge on any atom is 0.276 e. The smallest absolute Gasteiger partial charge is 0.276 e. The van der Waals surface area contributed by atoms with Gasteiger partial charge >= 0.3 is 0 Å². The van der Waals surface area contributed by atoms with Gasteiger partial charge in [0, 0.05) is 23.5 Å². The van der Waals surface area contributed by atoms with Gasteiger partial charge in [0.15, 0.2) is 5.69 Å². The first-order chi connectivity index (χ1) is 12.1. The Labute approximate surface area is 146 Å². The lowest BCUT2D eigenvalue weighted by atomic mass is 10.1. The van der Waals surface area contributed by atoms with Crippen LogP contribution in [0.15, 0.2) is 35.8 Å². The quantitative estimate of drug-likeness (QED) is 0.722. The highest BCUT2D eigenvalue weighted by Crippen LogP contribution is 2.24. The van der Waals surface area contributed by atoms with E-state index in [-0.39, 0.29) is 23.7 Å². The van der Waals surface area contributed by atoms with Crippen molar-refractivity contribution in [1.29, 1.82) is 0 Å². The Morgan fingerprint density at radius 3 is 2.84 bits per heavy atom. The van der Waals surface area contributed by atoms with E-state index in [1.54, 1.807) is 16.2 Å². The molecular formula is C17H14F2N4OS. The number of aromatic nitrogens is 3. The number of nitrogens with zero attached hydrogens (tertiary/aromatic N) is 4. The molecule has 0 unspecified atom stereocenters. The molecule has 0 atom stereocenters. The van der Waals surface area contributed by atoms with Gasteiger partial charge in [-0.25, -0.2) is 13.5 Å². The Bertz CT molecular complexity index is 916. The van der Waals surface area contributed by atoms with Gasteiger partial charge in [0.2, 0.25) is 0 Å². The third kappa shape index (κ3) is 3.05. The summed E-state index contributed by atoms with van der Waals surface area (Å²) in [5, 5.41) is 9.73. The first kappa shape index (κ1) is 15.9.